The lowest BCUT2D eigenvalue weighted by molar-refractivity contribution is -0.164. The molecule has 0 unspecified atom stereocenters. The molecule has 1 N–H and O–H groups in total. The Bertz CT molecular complexity index is 677. The van der Waals surface area contributed by atoms with Crippen molar-refractivity contribution < 1.29 is 19.0 Å². The number of aliphatic hydroxyl groups is 1. The third kappa shape index (κ3) is 3.41. The van der Waals surface area contributed by atoms with Gasteiger partial charge in [-0.1, -0.05) is 48.5 Å². The molecule has 1 saturated heterocycles. The number of benzene rings is 2. The van der Waals surface area contributed by atoms with E-state index in [0.717, 1.165) is 5.56 Å². The maximum absolute atomic E-state index is 13.8. The van der Waals surface area contributed by atoms with Gasteiger partial charge in [-0.2, -0.15) is 0 Å². The molecule has 3 rings (SSSR count). The fourth-order valence-electron chi connectivity index (χ4n) is 2.72. The number of carbonyl (C=O) groups excluding carboxylic acids is 1. The molecular weight excluding hydrogens is 297 g/mol. The monoisotopic (exact) mass is 315 g/mol. The molecule has 23 heavy (non-hydrogen) atoms. The first-order chi connectivity index (χ1) is 11.2. The molecule has 1 amide bonds. The van der Waals surface area contributed by atoms with Crippen LogP contribution in [0.15, 0.2) is 54.6 Å². The van der Waals surface area contributed by atoms with E-state index in [-0.39, 0.29) is 11.5 Å². The van der Waals surface area contributed by atoms with Crippen LogP contribution in [0.1, 0.15) is 17.2 Å². The molecule has 120 valence electrons. The minimum Gasteiger partial charge on any atom is -0.385 e. The van der Waals surface area contributed by atoms with Crippen molar-refractivity contribution in [1.29, 1.82) is 0 Å². The van der Waals surface area contributed by atoms with Crippen molar-refractivity contribution in [3.8, 4) is 0 Å². The lowest BCUT2D eigenvalue weighted by Crippen LogP contribution is -2.49. The van der Waals surface area contributed by atoms with Crippen molar-refractivity contribution in [2.24, 2.45) is 0 Å². The summed E-state index contributed by atoms with van der Waals surface area (Å²) in [5.41, 5.74) is 1.08. The Morgan fingerprint density at radius 1 is 1.17 bits per heavy atom. The van der Waals surface area contributed by atoms with Gasteiger partial charge in [0.2, 0.25) is 0 Å². The van der Waals surface area contributed by atoms with Gasteiger partial charge in [-0.05, 0) is 11.6 Å². The summed E-state index contributed by atoms with van der Waals surface area (Å²) in [4.78, 5) is 14.2. The topological polar surface area (TPSA) is 49.8 Å². The maximum atomic E-state index is 13.8. The number of carbonyl (C=O) groups is 1. The standard InChI is InChI=1S/C18H18FNO3/c19-15-9-5-4-8-14(15)16(21)17-18(22)20(10-11-23-17)12-13-6-2-1-3-7-13/h1-9,16-17,21H,10-12H2/t16-,17+/m1/s1. The average Bonchev–Trinajstić information content (AvgIpc) is 2.58. The van der Waals surface area contributed by atoms with Crippen LogP contribution in [-0.2, 0) is 16.1 Å². The van der Waals surface area contributed by atoms with Crippen molar-refractivity contribution in [3.05, 3.63) is 71.5 Å². The predicted molar refractivity (Wildman–Crippen MR) is 83.0 cm³/mol. The molecule has 4 nitrogen and oxygen atoms in total. The van der Waals surface area contributed by atoms with Crippen LogP contribution in [0.4, 0.5) is 4.39 Å². The Balaban J connectivity index is 1.76. The molecular formula is C18H18FNO3. The molecule has 0 spiro atoms. The zero-order valence-corrected chi connectivity index (χ0v) is 12.6. The molecule has 2 aromatic carbocycles. The quantitative estimate of drug-likeness (QED) is 0.942. The summed E-state index contributed by atoms with van der Waals surface area (Å²) < 4.78 is 19.2. The number of aliphatic hydroxyl groups excluding tert-OH is 1. The zero-order valence-electron chi connectivity index (χ0n) is 12.6. The van der Waals surface area contributed by atoms with Gasteiger partial charge in [0, 0.05) is 18.7 Å². The summed E-state index contributed by atoms with van der Waals surface area (Å²) >= 11 is 0. The van der Waals surface area contributed by atoms with Crippen molar-refractivity contribution in [2.45, 2.75) is 18.8 Å². The highest BCUT2D eigenvalue weighted by atomic mass is 19.1. The van der Waals surface area contributed by atoms with E-state index in [1.807, 2.05) is 30.3 Å². The fraction of sp³-hybridized carbons (Fsp3) is 0.278. The van der Waals surface area contributed by atoms with E-state index in [4.69, 9.17) is 4.74 Å². The van der Waals surface area contributed by atoms with E-state index in [1.54, 1.807) is 11.0 Å². The molecule has 1 heterocycles. The van der Waals surface area contributed by atoms with Crippen LogP contribution in [0.5, 0.6) is 0 Å². The Labute approximate surface area is 134 Å². The minimum absolute atomic E-state index is 0.0763. The van der Waals surface area contributed by atoms with Crippen LogP contribution in [0.2, 0.25) is 0 Å². The minimum atomic E-state index is -1.32. The van der Waals surface area contributed by atoms with Gasteiger partial charge < -0.3 is 14.7 Å². The van der Waals surface area contributed by atoms with Gasteiger partial charge in [-0.25, -0.2) is 4.39 Å². The number of rotatable bonds is 4. The zero-order chi connectivity index (χ0) is 16.2. The Morgan fingerprint density at radius 3 is 2.61 bits per heavy atom. The van der Waals surface area contributed by atoms with Crippen molar-refractivity contribution >= 4 is 5.91 Å². The summed E-state index contributed by atoms with van der Waals surface area (Å²) in [6, 6.07) is 15.5. The van der Waals surface area contributed by atoms with E-state index in [0.29, 0.717) is 19.7 Å². The van der Waals surface area contributed by atoms with Crippen molar-refractivity contribution in [2.75, 3.05) is 13.2 Å². The first-order valence-electron chi connectivity index (χ1n) is 7.53. The number of nitrogens with zero attached hydrogens (tertiary/aromatic N) is 1. The van der Waals surface area contributed by atoms with Gasteiger partial charge in [0.15, 0.2) is 6.10 Å². The highest BCUT2D eigenvalue weighted by Gasteiger charge is 2.36. The summed E-state index contributed by atoms with van der Waals surface area (Å²) in [6.45, 7) is 1.21. The van der Waals surface area contributed by atoms with Gasteiger partial charge in [0.05, 0.1) is 6.61 Å². The summed E-state index contributed by atoms with van der Waals surface area (Å²) in [5.74, 6) is -0.868. The van der Waals surface area contributed by atoms with Gasteiger partial charge in [-0.15, -0.1) is 0 Å². The number of hydrogen-bond acceptors (Lipinski definition) is 3. The molecule has 5 heteroatoms. The third-order valence-electron chi connectivity index (χ3n) is 3.94. The van der Waals surface area contributed by atoms with Gasteiger partial charge >= 0.3 is 0 Å². The average molecular weight is 315 g/mol. The van der Waals surface area contributed by atoms with E-state index < -0.39 is 18.0 Å². The molecule has 0 aliphatic carbocycles. The van der Waals surface area contributed by atoms with Gasteiger partial charge in [-0.3, -0.25) is 4.79 Å². The smallest absolute Gasteiger partial charge is 0.255 e. The Morgan fingerprint density at radius 2 is 1.87 bits per heavy atom. The molecule has 0 bridgehead atoms. The largest absolute Gasteiger partial charge is 0.385 e. The SMILES string of the molecule is O=C1[C@H]([C@H](O)c2ccccc2F)OCCN1Cc1ccccc1. The van der Waals surface area contributed by atoms with Crippen LogP contribution in [0.3, 0.4) is 0 Å². The molecule has 2 atom stereocenters. The number of morpholine rings is 1. The summed E-state index contributed by atoms with van der Waals surface area (Å²) in [5, 5.41) is 10.4. The van der Waals surface area contributed by atoms with E-state index in [1.165, 1.54) is 18.2 Å². The normalized spacial score (nSPS) is 19.7. The second-order valence-electron chi connectivity index (χ2n) is 5.50. The van der Waals surface area contributed by atoms with Crippen LogP contribution in [0, 0.1) is 5.82 Å². The summed E-state index contributed by atoms with van der Waals surface area (Å²) in [6.07, 6.45) is -2.40. The molecule has 0 radical (unpaired) electrons. The molecule has 2 aromatic rings. The number of hydrogen-bond donors (Lipinski definition) is 1. The molecule has 1 fully saturated rings. The van der Waals surface area contributed by atoms with Gasteiger partial charge in [0.25, 0.3) is 5.91 Å². The molecule has 0 saturated carbocycles. The van der Waals surface area contributed by atoms with Crippen LogP contribution in [-0.4, -0.2) is 35.2 Å². The predicted octanol–water partition coefficient (Wildman–Crippen LogP) is 2.29. The second kappa shape index (κ2) is 6.89. The van der Waals surface area contributed by atoms with Crippen LogP contribution >= 0.6 is 0 Å². The highest BCUT2D eigenvalue weighted by molar-refractivity contribution is 5.82. The van der Waals surface area contributed by atoms with Crippen LogP contribution < -0.4 is 0 Å². The molecule has 1 aliphatic heterocycles. The third-order valence-corrected chi connectivity index (χ3v) is 3.94. The lowest BCUT2D eigenvalue weighted by Gasteiger charge is -2.34. The molecule has 1 aliphatic rings. The molecule has 0 aromatic heterocycles. The van der Waals surface area contributed by atoms with Crippen LogP contribution in [0.25, 0.3) is 0 Å². The number of ether oxygens (including phenoxy) is 1. The van der Waals surface area contributed by atoms with E-state index in [9.17, 15) is 14.3 Å². The summed E-state index contributed by atoms with van der Waals surface area (Å²) in [7, 11) is 0. The Kier molecular flexibility index (Phi) is 4.69. The fourth-order valence-corrected chi connectivity index (χ4v) is 2.72. The number of amides is 1. The first kappa shape index (κ1) is 15.6. The van der Waals surface area contributed by atoms with Gasteiger partial charge in [0.1, 0.15) is 11.9 Å². The van der Waals surface area contributed by atoms with E-state index in [2.05, 4.69) is 0 Å². The van der Waals surface area contributed by atoms with E-state index >= 15 is 0 Å². The lowest BCUT2D eigenvalue weighted by atomic mass is 10.0. The van der Waals surface area contributed by atoms with Crippen molar-refractivity contribution in [3.63, 3.8) is 0 Å². The van der Waals surface area contributed by atoms with Crippen molar-refractivity contribution in [1.82, 2.24) is 4.90 Å². The number of halogens is 1. The maximum Gasteiger partial charge on any atom is 0.255 e. The first-order valence-corrected chi connectivity index (χ1v) is 7.53. The Hall–Kier alpha value is -2.24. The highest BCUT2D eigenvalue weighted by Crippen LogP contribution is 2.26. The second-order valence-corrected chi connectivity index (χ2v) is 5.50.